The number of rotatable bonds is 8. The molecule has 1 heterocycles. The van der Waals surface area contributed by atoms with E-state index in [-0.39, 0.29) is 18.1 Å². The van der Waals surface area contributed by atoms with Gasteiger partial charge in [0.15, 0.2) is 0 Å². The summed E-state index contributed by atoms with van der Waals surface area (Å²) in [6.07, 6.45) is 3.77. The van der Waals surface area contributed by atoms with Gasteiger partial charge in [0.05, 0.1) is 25.4 Å². The lowest BCUT2D eigenvalue weighted by molar-refractivity contribution is -0.135. The Morgan fingerprint density at radius 2 is 2.00 bits per heavy atom. The molecule has 0 aliphatic carbocycles. The molecule has 0 aromatic heterocycles. The van der Waals surface area contributed by atoms with Gasteiger partial charge in [-0.2, -0.15) is 0 Å². The lowest BCUT2D eigenvalue weighted by atomic mass is 10.1. The van der Waals surface area contributed by atoms with Gasteiger partial charge in [0.2, 0.25) is 5.91 Å². The molecule has 1 amide bonds. The second-order valence-corrected chi connectivity index (χ2v) is 4.99. The predicted molar refractivity (Wildman–Crippen MR) is 74.9 cm³/mol. The van der Waals surface area contributed by atoms with Crippen molar-refractivity contribution in [3.05, 3.63) is 0 Å². The van der Waals surface area contributed by atoms with E-state index in [9.17, 15) is 4.79 Å². The third-order valence-electron chi connectivity index (χ3n) is 3.46. The molecule has 0 radical (unpaired) electrons. The topological polar surface area (TPSA) is 64.8 Å². The van der Waals surface area contributed by atoms with E-state index in [1.807, 2.05) is 18.7 Å². The highest BCUT2D eigenvalue weighted by atomic mass is 16.5. The van der Waals surface area contributed by atoms with Gasteiger partial charge in [-0.05, 0) is 26.2 Å². The molecule has 0 aromatic carbocycles. The van der Waals surface area contributed by atoms with Gasteiger partial charge in [0.25, 0.3) is 0 Å². The van der Waals surface area contributed by atoms with Gasteiger partial charge in [-0.25, -0.2) is 0 Å². The highest BCUT2D eigenvalue weighted by Crippen LogP contribution is 2.15. The fourth-order valence-corrected chi connectivity index (χ4v) is 2.33. The Morgan fingerprint density at radius 3 is 2.58 bits per heavy atom. The maximum atomic E-state index is 12.0. The average Bonchev–Trinajstić information content (AvgIpc) is 2.44. The van der Waals surface area contributed by atoms with E-state index in [1.54, 1.807) is 0 Å². The maximum Gasteiger partial charge on any atom is 0.239 e. The van der Waals surface area contributed by atoms with Crippen molar-refractivity contribution in [1.82, 2.24) is 4.90 Å². The van der Waals surface area contributed by atoms with Crippen molar-refractivity contribution in [2.75, 3.05) is 32.9 Å². The molecule has 112 valence electrons. The average molecular weight is 272 g/mol. The highest BCUT2D eigenvalue weighted by Gasteiger charge is 2.26. The van der Waals surface area contributed by atoms with Crippen molar-refractivity contribution < 1.29 is 14.3 Å². The van der Waals surface area contributed by atoms with Crippen LogP contribution in [-0.4, -0.2) is 55.9 Å². The Bertz CT molecular complexity index is 253. The van der Waals surface area contributed by atoms with E-state index in [4.69, 9.17) is 15.2 Å². The fraction of sp³-hybridized carbons (Fsp3) is 0.929. The van der Waals surface area contributed by atoms with E-state index < -0.39 is 0 Å². The lowest BCUT2D eigenvalue weighted by Crippen LogP contribution is -2.48. The largest absolute Gasteiger partial charge is 0.379 e. The molecule has 1 rings (SSSR count). The molecule has 0 bridgehead atoms. The summed E-state index contributed by atoms with van der Waals surface area (Å²) in [5.41, 5.74) is 5.87. The van der Waals surface area contributed by atoms with Crippen LogP contribution in [0.4, 0.5) is 0 Å². The molecule has 2 N–H and O–H groups in total. The Morgan fingerprint density at radius 1 is 1.32 bits per heavy atom. The maximum absolute atomic E-state index is 12.0. The monoisotopic (exact) mass is 272 g/mol. The predicted octanol–water partition coefficient (Wildman–Crippen LogP) is 1.16. The summed E-state index contributed by atoms with van der Waals surface area (Å²) in [4.78, 5) is 13.9. The number of piperidine rings is 1. The van der Waals surface area contributed by atoms with Crippen LogP contribution in [0.3, 0.4) is 0 Å². The Kier molecular flexibility index (Phi) is 8.02. The SMILES string of the molecule is CCC[C@@H](N)C(=O)N1CCC(OCCOCC)CC1. The van der Waals surface area contributed by atoms with Crippen LogP contribution >= 0.6 is 0 Å². The van der Waals surface area contributed by atoms with Gasteiger partial charge in [0.1, 0.15) is 0 Å². The molecule has 0 aromatic rings. The summed E-state index contributed by atoms with van der Waals surface area (Å²) in [6, 6.07) is -0.333. The van der Waals surface area contributed by atoms with Crippen molar-refractivity contribution in [3.8, 4) is 0 Å². The first-order chi connectivity index (χ1) is 9.19. The summed E-state index contributed by atoms with van der Waals surface area (Å²) in [6.45, 7) is 7.56. The first-order valence-electron chi connectivity index (χ1n) is 7.42. The number of likely N-dealkylation sites (tertiary alicyclic amines) is 1. The second kappa shape index (κ2) is 9.28. The zero-order chi connectivity index (χ0) is 14.1. The van der Waals surface area contributed by atoms with Crippen LogP contribution in [0.15, 0.2) is 0 Å². The van der Waals surface area contributed by atoms with Gasteiger partial charge >= 0.3 is 0 Å². The van der Waals surface area contributed by atoms with Crippen LogP contribution in [0.5, 0.6) is 0 Å². The molecule has 1 fully saturated rings. The van der Waals surface area contributed by atoms with E-state index in [2.05, 4.69) is 0 Å². The van der Waals surface area contributed by atoms with Crippen LogP contribution in [0.1, 0.15) is 39.5 Å². The molecule has 0 unspecified atom stereocenters. The van der Waals surface area contributed by atoms with E-state index in [0.717, 1.165) is 45.4 Å². The van der Waals surface area contributed by atoms with Crippen LogP contribution in [0, 0.1) is 0 Å². The molecule has 0 saturated carbocycles. The number of nitrogens with zero attached hydrogens (tertiary/aromatic N) is 1. The van der Waals surface area contributed by atoms with Crippen molar-refractivity contribution in [3.63, 3.8) is 0 Å². The number of nitrogens with two attached hydrogens (primary N) is 1. The number of carbonyl (C=O) groups excluding carboxylic acids is 1. The Balaban J connectivity index is 2.19. The molecule has 1 atom stereocenters. The van der Waals surface area contributed by atoms with Gasteiger partial charge in [0, 0.05) is 19.7 Å². The molecule has 1 saturated heterocycles. The number of hydrogen-bond donors (Lipinski definition) is 1. The minimum absolute atomic E-state index is 0.0922. The fourth-order valence-electron chi connectivity index (χ4n) is 2.33. The molecule has 0 spiro atoms. The third-order valence-corrected chi connectivity index (χ3v) is 3.46. The quantitative estimate of drug-likeness (QED) is 0.673. The summed E-state index contributed by atoms with van der Waals surface area (Å²) < 4.78 is 11.0. The summed E-state index contributed by atoms with van der Waals surface area (Å²) >= 11 is 0. The van der Waals surface area contributed by atoms with Crippen molar-refractivity contribution in [2.45, 2.75) is 51.7 Å². The van der Waals surface area contributed by atoms with Crippen molar-refractivity contribution >= 4 is 5.91 Å². The molecular weight excluding hydrogens is 244 g/mol. The van der Waals surface area contributed by atoms with Crippen LogP contribution in [0.2, 0.25) is 0 Å². The van der Waals surface area contributed by atoms with Crippen LogP contribution < -0.4 is 5.73 Å². The summed E-state index contributed by atoms with van der Waals surface area (Å²) in [5.74, 6) is 0.0922. The standard InChI is InChI=1S/C14H28N2O3/c1-3-5-13(15)14(17)16-8-6-12(7-9-16)19-11-10-18-4-2/h12-13H,3-11,15H2,1-2H3/t13-/m1/s1. The van der Waals surface area contributed by atoms with Crippen LogP contribution in [-0.2, 0) is 14.3 Å². The van der Waals surface area contributed by atoms with E-state index in [0.29, 0.717) is 13.2 Å². The number of hydrogen-bond acceptors (Lipinski definition) is 4. The molecule has 5 nitrogen and oxygen atoms in total. The smallest absolute Gasteiger partial charge is 0.239 e. The van der Waals surface area contributed by atoms with Crippen molar-refractivity contribution in [2.24, 2.45) is 5.73 Å². The molecular formula is C14H28N2O3. The first kappa shape index (κ1) is 16.4. The van der Waals surface area contributed by atoms with E-state index >= 15 is 0 Å². The van der Waals surface area contributed by atoms with Gasteiger partial charge in [-0.15, -0.1) is 0 Å². The molecule has 1 aliphatic heterocycles. The second-order valence-electron chi connectivity index (χ2n) is 4.99. The summed E-state index contributed by atoms with van der Waals surface area (Å²) in [7, 11) is 0. The highest BCUT2D eigenvalue weighted by molar-refractivity contribution is 5.81. The molecule has 1 aliphatic rings. The van der Waals surface area contributed by atoms with Crippen LogP contribution in [0.25, 0.3) is 0 Å². The first-order valence-corrected chi connectivity index (χ1v) is 7.42. The lowest BCUT2D eigenvalue weighted by Gasteiger charge is -2.33. The normalized spacial score (nSPS) is 18.6. The van der Waals surface area contributed by atoms with E-state index in [1.165, 1.54) is 0 Å². The molecule has 5 heteroatoms. The number of carbonyl (C=O) groups is 1. The van der Waals surface area contributed by atoms with Gasteiger partial charge < -0.3 is 20.1 Å². The third kappa shape index (κ3) is 5.89. The number of ether oxygens (including phenoxy) is 2. The van der Waals surface area contributed by atoms with Gasteiger partial charge in [-0.3, -0.25) is 4.79 Å². The minimum Gasteiger partial charge on any atom is -0.379 e. The zero-order valence-electron chi connectivity index (χ0n) is 12.3. The summed E-state index contributed by atoms with van der Waals surface area (Å²) in [5, 5.41) is 0. The minimum atomic E-state index is -0.333. The van der Waals surface area contributed by atoms with Gasteiger partial charge in [-0.1, -0.05) is 13.3 Å². The Hall–Kier alpha value is -0.650. The van der Waals surface area contributed by atoms with Crippen molar-refractivity contribution in [1.29, 1.82) is 0 Å². The zero-order valence-corrected chi connectivity index (χ0v) is 12.3. The Labute approximate surface area is 116 Å². The molecule has 19 heavy (non-hydrogen) atoms. The number of amides is 1.